The van der Waals surface area contributed by atoms with Crippen LogP contribution in [0.15, 0.2) is 47.8 Å². The standard InChI is InChI=1S/C18H13IN2O3S/c19-13-4-1-11(2-5-13)14-10-25-18(20-14)21-17(22)12-3-6-15-16(9-12)24-8-7-23-15/h1-6,9-10H,7-8H2,(H,20,21,22). The number of nitrogens with zero attached hydrogens (tertiary/aromatic N) is 1. The maximum absolute atomic E-state index is 12.4. The number of aromatic nitrogens is 1. The number of thiazole rings is 1. The number of anilines is 1. The fourth-order valence-corrected chi connectivity index (χ4v) is 3.51. The van der Waals surface area contributed by atoms with Gasteiger partial charge >= 0.3 is 0 Å². The van der Waals surface area contributed by atoms with Crippen LogP contribution in [0.4, 0.5) is 5.13 Å². The van der Waals surface area contributed by atoms with E-state index < -0.39 is 0 Å². The van der Waals surface area contributed by atoms with Crippen LogP contribution in [0.5, 0.6) is 11.5 Å². The molecule has 1 aliphatic rings. The van der Waals surface area contributed by atoms with Crippen LogP contribution in [0.2, 0.25) is 0 Å². The van der Waals surface area contributed by atoms with Crippen molar-refractivity contribution in [3.8, 4) is 22.8 Å². The van der Waals surface area contributed by atoms with Crippen LogP contribution in [0, 0.1) is 3.57 Å². The minimum absolute atomic E-state index is 0.222. The molecule has 0 aliphatic carbocycles. The minimum atomic E-state index is -0.222. The van der Waals surface area contributed by atoms with Crippen molar-refractivity contribution < 1.29 is 14.3 Å². The maximum Gasteiger partial charge on any atom is 0.257 e. The number of benzene rings is 2. The van der Waals surface area contributed by atoms with Crippen LogP contribution in [-0.4, -0.2) is 24.1 Å². The summed E-state index contributed by atoms with van der Waals surface area (Å²) in [6, 6.07) is 13.3. The quantitative estimate of drug-likeness (QED) is 0.583. The van der Waals surface area contributed by atoms with Crippen molar-refractivity contribution in [3.05, 3.63) is 57.0 Å². The summed E-state index contributed by atoms with van der Waals surface area (Å²) < 4.78 is 12.2. The molecule has 0 bridgehead atoms. The number of hydrogen-bond acceptors (Lipinski definition) is 5. The van der Waals surface area contributed by atoms with Gasteiger partial charge in [0.1, 0.15) is 13.2 Å². The summed E-state index contributed by atoms with van der Waals surface area (Å²) in [6.45, 7) is 1.02. The molecule has 3 aromatic rings. The monoisotopic (exact) mass is 464 g/mol. The lowest BCUT2D eigenvalue weighted by atomic mass is 10.2. The summed E-state index contributed by atoms with van der Waals surface area (Å²) in [4.78, 5) is 16.9. The van der Waals surface area contributed by atoms with Gasteiger partial charge in [-0.25, -0.2) is 4.98 Å². The van der Waals surface area contributed by atoms with Crippen LogP contribution in [0.3, 0.4) is 0 Å². The molecule has 0 saturated heterocycles. The van der Waals surface area contributed by atoms with E-state index in [9.17, 15) is 4.79 Å². The molecule has 2 aromatic carbocycles. The summed E-state index contributed by atoms with van der Waals surface area (Å²) in [6.07, 6.45) is 0. The first-order chi connectivity index (χ1) is 12.2. The van der Waals surface area contributed by atoms with E-state index in [1.165, 1.54) is 14.9 Å². The molecule has 0 unspecified atom stereocenters. The Morgan fingerprint density at radius 3 is 2.64 bits per heavy atom. The Balaban J connectivity index is 1.50. The highest BCUT2D eigenvalue weighted by Gasteiger charge is 2.16. The van der Waals surface area contributed by atoms with Gasteiger partial charge < -0.3 is 9.47 Å². The molecular weight excluding hydrogens is 451 g/mol. The summed E-state index contributed by atoms with van der Waals surface area (Å²) in [5.74, 6) is 1.04. The molecule has 1 N–H and O–H groups in total. The molecule has 5 nitrogen and oxygen atoms in total. The van der Waals surface area contributed by atoms with Crippen LogP contribution in [0.25, 0.3) is 11.3 Å². The number of hydrogen-bond donors (Lipinski definition) is 1. The van der Waals surface area contributed by atoms with Gasteiger partial charge in [0.2, 0.25) is 0 Å². The highest BCUT2D eigenvalue weighted by Crippen LogP contribution is 2.31. The molecule has 126 valence electrons. The van der Waals surface area contributed by atoms with E-state index in [-0.39, 0.29) is 5.91 Å². The Bertz CT molecular complexity index is 924. The van der Waals surface area contributed by atoms with E-state index in [1.54, 1.807) is 18.2 Å². The predicted octanol–water partition coefficient (Wildman–Crippen LogP) is 4.44. The smallest absolute Gasteiger partial charge is 0.257 e. The topological polar surface area (TPSA) is 60.5 Å². The van der Waals surface area contributed by atoms with Gasteiger partial charge in [0.15, 0.2) is 16.6 Å². The third kappa shape index (κ3) is 3.62. The molecule has 0 atom stereocenters. The number of ether oxygens (including phenoxy) is 2. The molecule has 0 spiro atoms. The van der Waals surface area contributed by atoms with Crippen molar-refractivity contribution in [1.29, 1.82) is 0 Å². The second-order valence-electron chi connectivity index (χ2n) is 5.36. The zero-order chi connectivity index (χ0) is 17.2. The fraction of sp³-hybridized carbons (Fsp3) is 0.111. The van der Waals surface area contributed by atoms with Crippen LogP contribution < -0.4 is 14.8 Å². The first kappa shape index (κ1) is 16.3. The molecule has 1 aromatic heterocycles. The second-order valence-corrected chi connectivity index (χ2v) is 7.46. The van der Waals surface area contributed by atoms with Gasteiger partial charge in [-0.15, -0.1) is 11.3 Å². The van der Waals surface area contributed by atoms with Crippen molar-refractivity contribution in [3.63, 3.8) is 0 Å². The van der Waals surface area contributed by atoms with Gasteiger partial charge in [0.25, 0.3) is 5.91 Å². The normalized spacial score (nSPS) is 12.7. The number of rotatable bonds is 3. The van der Waals surface area contributed by atoms with Crippen molar-refractivity contribution >= 4 is 45.0 Å². The van der Waals surface area contributed by atoms with Gasteiger partial charge in [0, 0.05) is 20.1 Å². The average Bonchev–Trinajstić information content (AvgIpc) is 3.10. The van der Waals surface area contributed by atoms with Crippen LogP contribution in [-0.2, 0) is 0 Å². The minimum Gasteiger partial charge on any atom is -0.486 e. The number of carbonyl (C=O) groups is 1. The molecule has 2 heterocycles. The number of fused-ring (bicyclic) bond motifs is 1. The molecule has 1 aliphatic heterocycles. The van der Waals surface area contributed by atoms with E-state index in [2.05, 4.69) is 32.9 Å². The Kier molecular flexibility index (Phi) is 4.58. The SMILES string of the molecule is O=C(Nc1nc(-c2ccc(I)cc2)cs1)c1ccc2c(c1)OCCO2. The fourth-order valence-electron chi connectivity index (χ4n) is 2.44. The van der Waals surface area contributed by atoms with Crippen LogP contribution >= 0.6 is 33.9 Å². The third-order valence-corrected chi connectivity index (χ3v) is 5.15. The maximum atomic E-state index is 12.4. The number of carbonyl (C=O) groups excluding carboxylic acids is 1. The number of nitrogens with one attached hydrogen (secondary N) is 1. The first-order valence-corrected chi connectivity index (χ1v) is 9.57. The summed E-state index contributed by atoms with van der Waals surface area (Å²) in [5, 5.41) is 5.33. The molecule has 0 radical (unpaired) electrons. The predicted molar refractivity (Wildman–Crippen MR) is 106 cm³/mol. The van der Waals surface area contributed by atoms with Crippen LogP contribution in [0.1, 0.15) is 10.4 Å². The molecule has 4 rings (SSSR count). The van der Waals surface area contributed by atoms with Crippen molar-refractivity contribution in [2.75, 3.05) is 18.5 Å². The Morgan fingerprint density at radius 2 is 1.84 bits per heavy atom. The molecule has 25 heavy (non-hydrogen) atoms. The summed E-state index contributed by atoms with van der Waals surface area (Å²) in [7, 11) is 0. The highest BCUT2D eigenvalue weighted by atomic mass is 127. The lowest BCUT2D eigenvalue weighted by Crippen LogP contribution is -2.17. The second kappa shape index (κ2) is 7.01. The van der Waals surface area contributed by atoms with E-state index >= 15 is 0 Å². The Hall–Kier alpha value is -2.13. The van der Waals surface area contributed by atoms with E-state index in [0.29, 0.717) is 35.4 Å². The largest absolute Gasteiger partial charge is 0.486 e. The average molecular weight is 464 g/mol. The number of amides is 1. The lowest BCUT2D eigenvalue weighted by molar-refractivity contribution is 0.102. The zero-order valence-electron chi connectivity index (χ0n) is 13.0. The van der Waals surface area contributed by atoms with Crippen molar-refractivity contribution in [2.45, 2.75) is 0 Å². The molecule has 7 heteroatoms. The van der Waals surface area contributed by atoms with E-state index in [0.717, 1.165) is 11.3 Å². The van der Waals surface area contributed by atoms with Gasteiger partial charge in [-0.1, -0.05) is 12.1 Å². The van der Waals surface area contributed by atoms with Crippen molar-refractivity contribution in [1.82, 2.24) is 4.98 Å². The van der Waals surface area contributed by atoms with Gasteiger partial charge in [0.05, 0.1) is 5.69 Å². The summed E-state index contributed by atoms with van der Waals surface area (Å²) >= 11 is 3.66. The van der Waals surface area contributed by atoms with Crippen molar-refractivity contribution in [2.24, 2.45) is 0 Å². The number of halogens is 1. The Labute approximate surface area is 162 Å². The molecular formula is C18H13IN2O3S. The summed E-state index contributed by atoms with van der Waals surface area (Å²) in [5.41, 5.74) is 2.38. The lowest BCUT2D eigenvalue weighted by Gasteiger charge is -2.18. The van der Waals surface area contributed by atoms with Gasteiger partial charge in [-0.2, -0.15) is 0 Å². The highest BCUT2D eigenvalue weighted by molar-refractivity contribution is 14.1. The third-order valence-electron chi connectivity index (χ3n) is 3.67. The van der Waals surface area contributed by atoms with Gasteiger partial charge in [-0.05, 0) is 52.9 Å². The first-order valence-electron chi connectivity index (χ1n) is 7.61. The molecule has 0 saturated carbocycles. The van der Waals surface area contributed by atoms with E-state index in [1.807, 2.05) is 29.6 Å². The van der Waals surface area contributed by atoms with Gasteiger partial charge in [-0.3, -0.25) is 10.1 Å². The zero-order valence-corrected chi connectivity index (χ0v) is 16.0. The molecule has 0 fully saturated rings. The Morgan fingerprint density at radius 1 is 1.08 bits per heavy atom. The van der Waals surface area contributed by atoms with E-state index in [4.69, 9.17) is 9.47 Å². The molecule has 1 amide bonds.